The van der Waals surface area contributed by atoms with Crippen LogP contribution in [0.4, 0.5) is 5.82 Å². The SMILES string of the molecule is Cc1c(C)n(C)c2c(N)ncnc12. The first kappa shape index (κ1) is 8.04. The van der Waals surface area contributed by atoms with E-state index in [1.807, 2.05) is 18.5 Å². The van der Waals surface area contributed by atoms with Gasteiger partial charge < -0.3 is 10.3 Å². The van der Waals surface area contributed by atoms with E-state index >= 15 is 0 Å². The van der Waals surface area contributed by atoms with Gasteiger partial charge in [0.25, 0.3) is 0 Å². The average Bonchev–Trinajstić information content (AvgIpc) is 2.33. The highest BCUT2D eigenvalue weighted by molar-refractivity contribution is 5.88. The molecule has 2 aromatic heterocycles. The molecule has 2 N–H and O–H groups in total. The smallest absolute Gasteiger partial charge is 0.151 e. The molecule has 0 aliphatic rings. The van der Waals surface area contributed by atoms with Gasteiger partial charge in [0.1, 0.15) is 11.8 Å². The number of anilines is 1. The molecular formula is C9H12N4. The molecule has 68 valence electrons. The number of nitrogens with two attached hydrogens (primary N) is 1. The van der Waals surface area contributed by atoms with E-state index in [4.69, 9.17) is 5.73 Å². The standard InChI is InChI=1S/C9H12N4/c1-5-6(2)13(3)8-7(5)11-4-12-9(8)10/h4H,1-3H3,(H2,10,11,12). The second-order valence-electron chi connectivity index (χ2n) is 3.23. The number of hydrogen-bond donors (Lipinski definition) is 1. The maximum absolute atomic E-state index is 5.77. The fourth-order valence-corrected chi connectivity index (χ4v) is 1.59. The summed E-state index contributed by atoms with van der Waals surface area (Å²) in [7, 11) is 1.98. The van der Waals surface area contributed by atoms with Crippen molar-refractivity contribution in [2.45, 2.75) is 13.8 Å². The van der Waals surface area contributed by atoms with Crippen LogP contribution in [-0.4, -0.2) is 14.5 Å². The molecule has 4 heteroatoms. The van der Waals surface area contributed by atoms with Crippen molar-refractivity contribution in [2.24, 2.45) is 7.05 Å². The van der Waals surface area contributed by atoms with Crippen molar-refractivity contribution in [1.29, 1.82) is 0 Å². The molecule has 0 bridgehead atoms. The minimum Gasteiger partial charge on any atom is -0.382 e. The van der Waals surface area contributed by atoms with E-state index in [-0.39, 0.29) is 0 Å². The van der Waals surface area contributed by atoms with Crippen LogP contribution in [0.25, 0.3) is 11.0 Å². The van der Waals surface area contributed by atoms with Gasteiger partial charge >= 0.3 is 0 Å². The van der Waals surface area contributed by atoms with E-state index in [1.165, 1.54) is 17.6 Å². The zero-order valence-corrected chi connectivity index (χ0v) is 8.00. The maximum atomic E-state index is 5.77. The first-order valence-corrected chi connectivity index (χ1v) is 4.15. The van der Waals surface area contributed by atoms with Gasteiger partial charge in [0.2, 0.25) is 0 Å². The maximum Gasteiger partial charge on any atom is 0.151 e. The molecule has 0 unspecified atom stereocenters. The number of hydrogen-bond acceptors (Lipinski definition) is 3. The van der Waals surface area contributed by atoms with Gasteiger partial charge in [0.05, 0.1) is 5.52 Å². The summed E-state index contributed by atoms with van der Waals surface area (Å²) >= 11 is 0. The molecule has 0 saturated heterocycles. The molecule has 13 heavy (non-hydrogen) atoms. The fourth-order valence-electron chi connectivity index (χ4n) is 1.59. The lowest BCUT2D eigenvalue weighted by Gasteiger charge is -1.99. The molecule has 2 aromatic rings. The van der Waals surface area contributed by atoms with Gasteiger partial charge in [-0.15, -0.1) is 0 Å². The highest BCUT2D eigenvalue weighted by Crippen LogP contribution is 2.24. The summed E-state index contributed by atoms with van der Waals surface area (Å²) in [6, 6.07) is 0. The van der Waals surface area contributed by atoms with Crippen LogP contribution < -0.4 is 5.73 Å². The summed E-state index contributed by atoms with van der Waals surface area (Å²) in [4.78, 5) is 8.18. The molecule has 0 spiro atoms. The highest BCUT2D eigenvalue weighted by Gasteiger charge is 2.11. The molecule has 0 amide bonds. The van der Waals surface area contributed by atoms with Crippen molar-refractivity contribution in [3.63, 3.8) is 0 Å². The topological polar surface area (TPSA) is 56.7 Å². The van der Waals surface area contributed by atoms with Gasteiger partial charge in [-0.1, -0.05) is 0 Å². The van der Waals surface area contributed by atoms with Gasteiger partial charge in [-0.25, -0.2) is 9.97 Å². The first-order chi connectivity index (χ1) is 6.13. The monoisotopic (exact) mass is 176 g/mol. The number of aromatic nitrogens is 3. The summed E-state index contributed by atoms with van der Waals surface area (Å²) in [6.07, 6.45) is 1.50. The molecule has 0 fully saturated rings. The Balaban J connectivity index is 3.03. The Morgan fingerprint density at radius 3 is 2.62 bits per heavy atom. The van der Waals surface area contributed by atoms with Crippen LogP contribution in [0.15, 0.2) is 6.33 Å². The number of nitrogen functional groups attached to an aromatic ring is 1. The van der Waals surface area contributed by atoms with E-state index < -0.39 is 0 Å². The van der Waals surface area contributed by atoms with Crippen LogP contribution in [-0.2, 0) is 7.05 Å². The second kappa shape index (κ2) is 2.45. The van der Waals surface area contributed by atoms with Gasteiger partial charge in [-0.05, 0) is 19.4 Å². The third-order valence-corrected chi connectivity index (χ3v) is 2.59. The van der Waals surface area contributed by atoms with Crippen LogP contribution in [0.5, 0.6) is 0 Å². The van der Waals surface area contributed by atoms with Gasteiger partial charge in [0.15, 0.2) is 5.82 Å². The number of fused-ring (bicyclic) bond motifs is 1. The van der Waals surface area contributed by atoms with E-state index in [0.29, 0.717) is 5.82 Å². The Labute approximate surface area is 76.4 Å². The lowest BCUT2D eigenvalue weighted by Crippen LogP contribution is -1.97. The van der Waals surface area contributed by atoms with Crippen LogP contribution in [0, 0.1) is 13.8 Å². The van der Waals surface area contributed by atoms with E-state index in [9.17, 15) is 0 Å². The Morgan fingerprint density at radius 2 is 2.00 bits per heavy atom. The van der Waals surface area contributed by atoms with Gasteiger partial charge in [-0.2, -0.15) is 0 Å². The van der Waals surface area contributed by atoms with Crippen LogP contribution in [0.1, 0.15) is 11.3 Å². The van der Waals surface area contributed by atoms with E-state index in [0.717, 1.165) is 11.0 Å². The summed E-state index contributed by atoms with van der Waals surface area (Å²) in [5.41, 5.74) is 10.0. The minimum absolute atomic E-state index is 0.545. The van der Waals surface area contributed by atoms with E-state index in [2.05, 4.69) is 16.9 Å². The molecular weight excluding hydrogens is 164 g/mol. The average molecular weight is 176 g/mol. The van der Waals surface area contributed by atoms with Crippen LogP contribution in [0.2, 0.25) is 0 Å². The predicted molar refractivity (Wildman–Crippen MR) is 52.4 cm³/mol. The molecule has 0 radical (unpaired) electrons. The lowest BCUT2D eigenvalue weighted by molar-refractivity contribution is 0.909. The number of nitrogens with zero attached hydrogens (tertiary/aromatic N) is 3. The molecule has 4 nitrogen and oxygen atoms in total. The largest absolute Gasteiger partial charge is 0.382 e. The Morgan fingerprint density at radius 1 is 1.31 bits per heavy atom. The van der Waals surface area contributed by atoms with Crippen molar-refractivity contribution in [1.82, 2.24) is 14.5 Å². The molecule has 2 rings (SSSR count). The summed E-state index contributed by atoms with van der Waals surface area (Å²) in [6.45, 7) is 4.10. The third kappa shape index (κ3) is 0.915. The first-order valence-electron chi connectivity index (χ1n) is 4.15. The van der Waals surface area contributed by atoms with E-state index in [1.54, 1.807) is 0 Å². The van der Waals surface area contributed by atoms with Crippen molar-refractivity contribution in [2.75, 3.05) is 5.73 Å². The molecule has 0 aliphatic heterocycles. The molecule has 0 atom stereocenters. The van der Waals surface area contributed by atoms with Crippen molar-refractivity contribution in [3.05, 3.63) is 17.6 Å². The predicted octanol–water partition coefficient (Wildman–Crippen LogP) is 1.17. The summed E-state index contributed by atoms with van der Waals surface area (Å²) in [5.74, 6) is 0.545. The second-order valence-corrected chi connectivity index (χ2v) is 3.23. The lowest BCUT2D eigenvalue weighted by atomic mass is 10.2. The summed E-state index contributed by atoms with van der Waals surface area (Å²) < 4.78 is 2.03. The van der Waals surface area contributed by atoms with Gasteiger partial charge in [-0.3, -0.25) is 0 Å². The van der Waals surface area contributed by atoms with Crippen LogP contribution in [0.3, 0.4) is 0 Å². The molecule has 0 saturated carbocycles. The number of aryl methyl sites for hydroxylation is 2. The zero-order valence-electron chi connectivity index (χ0n) is 8.00. The quantitative estimate of drug-likeness (QED) is 0.655. The summed E-state index contributed by atoms with van der Waals surface area (Å²) in [5, 5.41) is 0. The Kier molecular flexibility index (Phi) is 1.52. The van der Waals surface area contributed by atoms with Crippen molar-refractivity contribution in [3.8, 4) is 0 Å². The van der Waals surface area contributed by atoms with Crippen molar-refractivity contribution < 1.29 is 0 Å². The zero-order chi connectivity index (χ0) is 9.59. The van der Waals surface area contributed by atoms with Gasteiger partial charge in [0, 0.05) is 12.7 Å². The molecule has 0 aromatic carbocycles. The third-order valence-electron chi connectivity index (χ3n) is 2.59. The minimum atomic E-state index is 0.545. The normalized spacial score (nSPS) is 11.0. The molecule has 2 heterocycles. The fraction of sp³-hybridized carbons (Fsp3) is 0.333. The van der Waals surface area contributed by atoms with Crippen LogP contribution >= 0.6 is 0 Å². The highest BCUT2D eigenvalue weighted by atomic mass is 15.0. The molecule has 0 aliphatic carbocycles. The Hall–Kier alpha value is -1.58. The Bertz CT molecular complexity index is 470. The number of rotatable bonds is 0. The van der Waals surface area contributed by atoms with Crippen molar-refractivity contribution >= 4 is 16.9 Å².